The lowest BCUT2D eigenvalue weighted by Crippen LogP contribution is -2.45. The molecule has 0 radical (unpaired) electrons. The van der Waals surface area contributed by atoms with E-state index in [0.29, 0.717) is 17.4 Å². The Labute approximate surface area is 364 Å². The Hall–Kier alpha value is -2.06. The van der Waals surface area contributed by atoms with Gasteiger partial charge in [0.05, 0.1) is 39.9 Å². The van der Waals surface area contributed by atoms with E-state index in [9.17, 15) is 19.4 Å². The van der Waals surface area contributed by atoms with E-state index in [-0.39, 0.29) is 18.9 Å². The van der Waals surface area contributed by atoms with Gasteiger partial charge in [-0.1, -0.05) is 209 Å². The zero-order chi connectivity index (χ0) is 43.6. The molecular formula is C50H91N2O6P. The second-order valence-electron chi connectivity index (χ2n) is 17.1. The van der Waals surface area contributed by atoms with Crippen molar-refractivity contribution in [1.82, 2.24) is 5.32 Å². The summed E-state index contributed by atoms with van der Waals surface area (Å²) >= 11 is 0. The maximum atomic E-state index is 12.8. The number of unbranched alkanes of at least 4 members (excludes halogenated alkanes) is 20. The molecule has 1 amide bonds. The van der Waals surface area contributed by atoms with Gasteiger partial charge in [0.1, 0.15) is 13.2 Å². The van der Waals surface area contributed by atoms with Crippen molar-refractivity contribution >= 4 is 13.7 Å². The van der Waals surface area contributed by atoms with Gasteiger partial charge in [-0.05, 0) is 44.9 Å². The smallest absolute Gasteiger partial charge is 0.268 e. The Morgan fingerprint density at radius 1 is 0.610 bits per heavy atom. The van der Waals surface area contributed by atoms with Crippen LogP contribution in [0.1, 0.15) is 187 Å². The highest BCUT2D eigenvalue weighted by Crippen LogP contribution is 2.38. The number of phosphoric ester groups is 1. The molecular weight excluding hydrogens is 756 g/mol. The van der Waals surface area contributed by atoms with Crippen LogP contribution < -0.4 is 10.2 Å². The highest BCUT2D eigenvalue weighted by atomic mass is 31.2. The number of hydrogen-bond acceptors (Lipinski definition) is 6. The predicted octanol–water partition coefficient (Wildman–Crippen LogP) is 12.9. The minimum atomic E-state index is -4.62. The number of nitrogens with one attached hydrogen (secondary N) is 1. The van der Waals surface area contributed by atoms with E-state index in [1.807, 2.05) is 33.3 Å². The molecule has 0 aromatic carbocycles. The number of nitrogens with zero attached hydrogens (tertiary/aromatic N) is 1. The number of carbonyl (C=O) groups is 1. The minimum Gasteiger partial charge on any atom is -0.756 e. The van der Waals surface area contributed by atoms with Crippen molar-refractivity contribution in [3.8, 4) is 0 Å². The van der Waals surface area contributed by atoms with Gasteiger partial charge in [-0.15, -0.1) is 0 Å². The van der Waals surface area contributed by atoms with E-state index in [1.165, 1.54) is 116 Å². The molecule has 3 unspecified atom stereocenters. The average Bonchev–Trinajstić information content (AvgIpc) is 3.19. The number of aliphatic hydroxyl groups excluding tert-OH is 1. The van der Waals surface area contributed by atoms with Gasteiger partial charge in [0, 0.05) is 6.42 Å². The lowest BCUT2D eigenvalue weighted by Gasteiger charge is -2.29. The Morgan fingerprint density at radius 2 is 1.02 bits per heavy atom. The molecule has 0 aromatic heterocycles. The van der Waals surface area contributed by atoms with Crippen molar-refractivity contribution in [1.29, 1.82) is 0 Å². The highest BCUT2D eigenvalue weighted by molar-refractivity contribution is 7.45. The molecule has 0 saturated heterocycles. The molecule has 0 aromatic rings. The van der Waals surface area contributed by atoms with Crippen molar-refractivity contribution in [3.63, 3.8) is 0 Å². The summed E-state index contributed by atoms with van der Waals surface area (Å²) in [5.41, 5.74) is 0. The highest BCUT2D eigenvalue weighted by Gasteiger charge is 2.23. The molecule has 0 heterocycles. The number of aliphatic hydroxyl groups is 1. The molecule has 0 saturated carbocycles. The largest absolute Gasteiger partial charge is 0.756 e. The summed E-state index contributed by atoms with van der Waals surface area (Å²) in [7, 11) is 1.20. The molecule has 3 atom stereocenters. The zero-order valence-corrected chi connectivity index (χ0v) is 39.6. The fourth-order valence-corrected chi connectivity index (χ4v) is 7.18. The second-order valence-corrected chi connectivity index (χ2v) is 18.5. The van der Waals surface area contributed by atoms with E-state index >= 15 is 0 Å². The summed E-state index contributed by atoms with van der Waals surface area (Å²) in [6, 6.07) is -0.944. The van der Waals surface area contributed by atoms with Crippen LogP contribution in [0.15, 0.2) is 72.9 Å². The number of quaternary nitrogens is 1. The fraction of sp³-hybridized carbons (Fsp3) is 0.740. The summed E-state index contributed by atoms with van der Waals surface area (Å²) in [5.74, 6) is -0.326. The quantitative estimate of drug-likeness (QED) is 0.0274. The van der Waals surface area contributed by atoms with Crippen molar-refractivity contribution in [3.05, 3.63) is 72.9 Å². The summed E-state index contributed by atoms with van der Waals surface area (Å²) < 4.78 is 23.2. The van der Waals surface area contributed by atoms with Gasteiger partial charge in [-0.2, -0.15) is 0 Å². The standard InChI is InChI=1S/C50H91N2O6P/c1-6-8-10-12-14-16-18-20-22-23-24-25-26-27-28-30-31-33-35-37-39-41-43-49(53)48(47-58-59(55,56)57-46-45-52(3,4)5)51-50(54)44-42-40-38-36-34-32-29-21-19-17-15-13-11-9-7-2/h9,11,15,17,21,29,34,36,40-43,48-49,53H,6-8,10,12-14,16,18-20,22-28,30-33,35,37-39,44-47H2,1-5H3,(H-,51,54,55,56)/b11-9-,17-15-,29-21-,36-34-,42-40-,43-41+. The molecule has 0 spiro atoms. The SMILES string of the molecule is CC/C=C\C/C=C\C/C=C\C/C=C\C/C=C\CC(=O)NC(COP(=O)([O-])OCC[N+](C)(C)C)C(O)/C=C/CCCCCCCCCCCCCCCCCCCCCC. The predicted molar refractivity (Wildman–Crippen MR) is 251 cm³/mol. The van der Waals surface area contributed by atoms with Crippen molar-refractivity contribution in [2.45, 2.75) is 199 Å². The van der Waals surface area contributed by atoms with E-state index in [0.717, 1.165) is 44.9 Å². The van der Waals surface area contributed by atoms with Gasteiger partial charge < -0.3 is 28.8 Å². The number of hydrogen-bond donors (Lipinski definition) is 2. The van der Waals surface area contributed by atoms with Gasteiger partial charge >= 0.3 is 0 Å². The second kappa shape index (κ2) is 41.3. The number of allylic oxidation sites excluding steroid dienone is 10. The molecule has 342 valence electrons. The van der Waals surface area contributed by atoms with E-state index < -0.39 is 26.6 Å². The Morgan fingerprint density at radius 3 is 1.44 bits per heavy atom. The first-order chi connectivity index (χ1) is 28.5. The van der Waals surface area contributed by atoms with Gasteiger partial charge in [0.25, 0.3) is 7.82 Å². The van der Waals surface area contributed by atoms with Crippen LogP contribution in [0.25, 0.3) is 0 Å². The topological polar surface area (TPSA) is 108 Å². The molecule has 0 rings (SSSR count). The first kappa shape index (κ1) is 56.9. The summed E-state index contributed by atoms with van der Waals surface area (Å²) in [6.07, 6.45) is 55.6. The first-order valence-electron chi connectivity index (χ1n) is 23.8. The third-order valence-electron chi connectivity index (χ3n) is 10.2. The molecule has 2 N–H and O–H groups in total. The maximum Gasteiger partial charge on any atom is 0.268 e. The number of likely N-dealkylation sites (N-methyl/N-ethyl adjacent to an activating group) is 1. The molecule has 59 heavy (non-hydrogen) atoms. The van der Waals surface area contributed by atoms with Crippen LogP contribution in [-0.2, 0) is 18.4 Å². The third-order valence-corrected chi connectivity index (χ3v) is 11.2. The summed E-state index contributed by atoms with van der Waals surface area (Å²) in [6.45, 7) is 4.45. The van der Waals surface area contributed by atoms with Crippen LogP contribution in [0.2, 0.25) is 0 Å². The van der Waals surface area contributed by atoms with Crippen LogP contribution in [0.3, 0.4) is 0 Å². The Kier molecular flexibility index (Phi) is 39.9. The normalized spacial score (nSPS) is 14.9. The van der Waals surface area contributed by atoms with Gasteiger partial charge in [-0.25, -0.2) is 0 Å². The molecule has 0 aliphatic rings. The molecule has 8 nitrogen and oxygen atoms in total. The van der Waals surface area contributed by atoms with Gasteiger partial charge in [-0.3, -0.25) is 9.36 Å². The minimum absolute atomic E-state index is 0.0205. The first-order valence-corrected chi connectivity index (χ1v) is 25.3. The average molecular weight is 847 g/mol. The molecule has 0 fully saturated rings. The number of amides is 1. The van der Waals surface area contributed by atoms with Crippen LogP contribution >= 0.6 is 7.82 Å². The molecule has 0 aliphatic carbocycles. The third kappa shape index (κ3) is 43.8. The number of carbonyl (C=O) groups excluding carboxylic acids is 1. The van der Waals surface area contributed by atoms with Crippen molar-refractivity contribution in [2.24, 2.45) is 0 Å². The number of phosphoric acid groups is 1. The summed E-state index contributed by atoms with van der Waals surface area (Å²) in [5, 5.41) is 13.7. The van der Waals surface area contributed by atoms with Crippen molar-refractivity contribution in [2.75, 3.05) is 40.9 Å². The number of rotatable bonds is 42. The van der Waals surface area contributed by atoms with Crippen LogP contribution in [0, 0.1) is 0 Å². The van der Waals surface area contributed by atoms with Gasteiger partial charge in [0.15, 0.2) is 0 Å². The van der Waals surface area contributed by atoms with E-state index in [2.05, 4.69) is 67.8 Å². The maximum absolute atomic E-state index is 12.8. The summed E-state index contributed by atoms with van der Waals surface area (Å²) in [4.78, 5) is 25.3. The molecule has 0 bridgehead atoms. The lowest BCUT2D eigenvalue weighted by atomic mass is 10.0. The monoisotopic (exact) mass is 847 g/mol. The fourth-order valence-electron chi connectivity index (χ4n) is 6.45. The van der Waals surface area contributed by atoms with Crippen LogP contribution in [0.4, 0.5) is 0 Å². The van der Waals surface area contributed by atoms with Crippen LogP contribution in [0.5, 0.6) is 0 Å². The zero-order valence-electron chi connectivity index (χ0n) is 38.7. The van der Waals surface area contributed by atoms with Crippen molar-refractivity contribution < 1.29 is 32.9 Å². The Bertz CT molecular complexity index is 1190. The van der Waals surface area contributed by atoms with E-state index in [1.54, 1.807) is 12.2 Å². The molecule has 0 aliphatic heterocycles. The van der Waals surface area contributed by atoms with E-state index in [4.69, 9.17) is 9.05 Å². The lowest BCUT2D eigenvalue weighted by molar-refractivity contribution is -0.870. The molecule has 9 heteroatoms. The Balaban J connectivity index is 4.45. The van der Waals surface area contributed by atoms with Crippen LogP contribution in [-0.4, -0.2) is 68.5 Å². The van der Waals surface area contributed by atoms with Gasteiger partial charge in [0.2, 0.25) is 5.91 Å².